The van der Waals surface area contributed by atoms with E-state index in [1.807, 2.05) is 6.92 Å². The molecule has 2 aliphatic heterocycles. The van der Waals surface area contributed by atoms with Crippen molar-refractivity contribution >= 4 is 45.0 Å². The number of fused-ring (bicyclic) bond motifs is 1. The van der Waals surface area contributed by atoms with Crippen LogP contribution in [0.15, 0.2) is 65.1 Å². The second-order valence-corrected chi connectivity index (χ2v) is 9.29. The van der Waals surface area contributed by atoms with Crippen LogP contribution >= 0.6 is 15.9 Å². The summed E-state index contributed by atoms with van der Waals surface area (Å²) in [5.41, 5.74) is 0.721. The van der Waals surface area contributed by atoms with Crippen LogP contribution in [0.3, 0.4) is 0 Å². The third-order valence-electron chi connectivity index (χ3n) is 6.39. The maximum atomic E-state index is 13.6. The molecule has 0 spiro atoms. The number of carbonyl (C=O) groups excluding carboxylic acids is 3. The van der Waals surface area contributed by atoms with E-state index in [9.17, 15) is 24.5 Å². The number of nitro benzene ring substituents is 1. The van der Waals surface area contributed by atoms with E-state index in [0.29, 0.717) is 33.8 Å². The van der Waals surface area contributed by atoms with E-state index in [4.69, 9.17) is 9.47 Å². The molecule has 2 atom stereocenters. The lowest BCUT2D eigenvalue weighted by atomic mass is 9.85. The zero-order chi connectivity index (χ0) is 26.4. The number of β-lactam (4-membered cyclic amide) rings is 1. The Morgan fingerprint density at radius 3 is 2.27 bits per heavy atom. The number of hydrogen-bond acceptors (Lipinski definition) is 7. The molecule has 2 unspecified atom stereocenters. The average Bonchev–Trinajstić information content (AvgIpc) is 3.13. The van der Waals surface area contributed by atoms with Gasteiger partial charge < -0.3 is 14.4 Å². The summed E-state index contributed by atoms with van der Waals surface area (Å²) in [7, 11) is 1.49. The molecule has 0 radical (unpaired) electrons. The van der Waals surface area contributed by atoms with E-state index < -0.39 is 34.7 Å². The number of halogens is 1. The summed E-state index contributed by atoms with van der Waals surface area (Å²) in [4.78, 5) is 53.3. The molecule has 188 valence electrons. The van der Waals surface area contributed by atoms with Gasteiger partial charge in [-0.2, -0.15) is 0 Å². The van der Waals surface area contributed by atoms with Crippen LogP contribution in [0.1, 0.15) is 39.2 Å². The fourth-order valence-electron chi connectivity index (χ4n) is 4.74. The Balaban J connectivity index is 1.60. The summed E-state index contributed by atoms with van der Waals surface area (Å²) in [5, 5.41) is 11.2. The predicted molar refractivity (Wildman–Crippen MR) is 136 cm³/mol. The maximum Gasteiger partial charge on any atom is 0.270 e. The van der Waals surface area contributed by atoms with Crippen molar-refractivity contribution in [2.24, 2.45) is 0 Å². The number of amides is 3. The van der Waals surface area contributed by atoms with E-state index in [1.165, 1.54) is 18.1 Å². The van der Waals surface area contributed by atoms with Crippen molar-refractivity contribution in [3.63, 3.8) is 0 Å². The van der Waals surface area contributed by atoms with Gasteiger partial charge in [0.05, 0.1) is 35.8 Å². The normalized spacial score (nSPS) is 18.5. The molecule has 3 aromatic carbocycles. The van der Waals surface area contributed by atoms with Gasteiger partial charge in [-0.3, -0.25) is 29.4 Å². The van der Waals surface area contributed by atoms with E-state index in [0.717, 1.165) is 17.0 Å². The fraction of sp³-hybridized carbons (Fsp3) is 0.192. The lowest BCUT2D eigenvalue weighted by Crippen LogP contribution is -2.67. The zero-order valence-electron chi connectivity index (χ0n) is 19.7. The monoisotopic (exact) mass is 565 g/mol. The van der Waals surface area contributed by atoms with Crippen molar-refractivity contribution in [2.75, 3.05) is 18.6 Å². The van der Waals surface area contributed by atoms with Crippen molar-refractivity contribution < 1.29 is 28.8 Å². The van der Waals surface area contributed by atoms with Crippen LogP contribution in [-0.4, -0.2) is 47.3 Å². The van der Waals surface area contributed by atoms with Crippen molar-refractivity contribution in [3.8, 4) is 11.5 Å². The number of rotatable bonds is 7. The number of ether oxygens (including phenoxy) is 2. The van der Waals surface area contributed by atoms with Crippen LogP contribution < -0.4 is 14.4 Å². The highest BCUT2D eigenvalue weighted by Gasteiger charge is 2.58. The molecule has 0 aliphatic carbocycles. The lowest BCUT2D eigenvalue weighted by Gasteiger charge is -2.50. The molecule has 0 bridgehead atoms. The van der Waals surface area contributed by atoms with Crippen LogP contribution in [-0.2, 0) is 4.79 Å². The number of carbonyl (C=O) groups is 3. The fourth-order valence-corrected chi connectivity index (χ4v) is 5.12. The van der Waals surface area contributed by atoms with Gasteiger partial charge in [0.15, 0.2) is 0 Å². The molecular formula is C26H20BrN3O7. The number of nitrogens with zero attached hydrogens (tertiary/aromatic N) is 3. The Labute approximate surface area is 219 Å². The molecule has 1 saturated heterocycles. The van der Waals surface area contributed by atoms with Gasteiger partial charge in [-0.05, 0) is 55.5 Å². The first-order chi connectivity index (χ1) is 17.8. The molecule has 2 aliphatic rings. The summed E-state index contributed by atoms with van der Waals surface area (Å²) < 4.78 is 11.8. The number of hydrogen-bond donors (Lipinski definition) is 0. The Morgan fingerprint density at radius 1 is 0.919 bits per heavy atom. The quantitative estimate of drug-likeness (QED) is 0.179. The standard InChI is InChI=1S/C26H20BrN3O7/c1-3-37-17-8-5-15(6-9-17)28-22(20-12-14(27)4-11-21(20)36-2)23(26(28)33)29-24(31)18-10-7-16(30(34)35)13-19(18)25(29)32/h4-13,22-23H,3H2,1-2H3. The molecule has 0 N–H and O–H groups in total. The van der Waals surface area contributed by atoms with Gasteiger partial charge in [0, 0.05) is 27.9 Å². The molecule has 5 rings (SSSR count). The van der Waals surface area contributed by atoms with Gasteiger partial charge in [0.1, 0.15) is 17.5 Å². The number of nitro groups is 1. The summed E-state index contributed by atoms with van der Waals surface area (Å²) in [5.74, 6) is -0.811. The number of non-ortho nitro benzene ring substituents is 1. The first-order valence-electron chi connectivity index (χ1n) is 11.3. The van der Waals surface area contributed by atoms with Crippen LogP contribution in [0.2, 0.25) is 0 Å². The van der Waals surface area contributed by atoms with E-state index in [1.54, 1.807) is 42.5 Å². The summed E-state index contributed by atoms with van der Waals surface area (Å²) >= 11 is 3.45. The highest BCUT2D eigenvalue weighted by molar-refractivity contribution is 9.10. The Hall–Kier alpha value is -4.25. The molecule has 10 nitrogen and oxygen atoms in total. The minimum atomic E-state index is -1.18. The number of benzene rings is 3. The highest BCUT2D eigenvalue weighted by atomic mass is 79.9. The van der Waals surface area contributed by atoms with Gasteiger partial charge in [0.25, 0.3) is 23.4 Å². The predicted octanol–water partition coefficient (Wildman–Crippen LogP) is 4.52. The highest BCUT2D eigenvalue weighted by Crippen LogP contribution is 2.47. The first kappa shape index (κ1) is 24.4. The molecule has 37 heavy (non-hydrogen) atoms. The van der Waals surface area contributed by atoms with Crippen molar-refractivity contribution in [1.29, 1.82) is 0 Å². The summed E-state index contributed by atoms with van der Waals surface area (Å²) in [6.45, 7) is 2.35. The number of methoxy groups -OCH3 is 1. The van der Waals surface area contributed by atoms with Gasteiger partial charge >= 0.3 is 0 Å². The second-order valence-electron chi connectivity index (χ2n) is 8.38. The maximum absolute atomic E-state index is 13.6. The first-order valence-corrected chi connectivity index (χ1v) is 12.1. The molecule has 3 amide bonds. The smallest absolute Gasteiger partial charge is 0.270 e. The van der Waals surface area contributed by atoms with Crippen molar-refractivity contribution in [1.82, 2.24) is 4.90 Å². The molecule has 0 saturated carbocycles. The van der Waals surface area contributed by atoms with Crippen molar-refractivity contribution in [3.05, 3.63) is 91.9 Å². The molecule has 1 fully saturated rings. The van der Waals surface area contributed by atoms with Crippen LogP contribution in [0.4, 0.5) is 11.4 Å². The van der Waals surface area contributed by atoms with Gasteiger partial charge in [-0.1, -0.05) is 15.9 Å². The second kappa shape index (κ2) is 9.32. The number of anilines is 1. The Kier molecular flexibility index (Phi) is 6.16. The molecule has 2 heterocycles. The number of imide groups is 1. The van der Waals surface area contributed by atoms with Gasteiger partial charge in [-0.25, -0.2) is 0 Å². The van der Waals surface area contributed by atoms with Gasteiger partial charge in [0.2, 0.25) is 0 Å². The zero-order valence-corrected chi connectivity index (χ0v) is 21.3. The summed E-state index contributed by atoms with van der Waals surface area (Å²) in [6.07, 6.45) is 0. The van der Waals surface area contributed by atoms with E-state index >= 15 is 0 Å². The van der Waals surface area contributed by atoms with Crippen LogP contribution in [0.5, 0.6) is 11.5 Å². The largest absolute Gasteiger partial charge is 0.496 e. The van der Waals surface area contributed by atoms with Gasteiger partial charge in [-0.15, -0.1) is 0 Å². The molecule has 0 aromatic heterocycles. The average molecular weight is 566 g/mol. The third-order valence-corrected chi connectivity index (χ3v) is 6.89. The lowest BCUT2D eigenvalue weighted by molar-refractivity contribution is -0.384. The summed E-state index contributed by atoms with van der Waals surface area (Å²) in [6, 6.07) is 13.7. The van der Waals surface area contributed by atoms with Crippen LogP contribution in [0, 0.1) is 10.1 Å². The molecule has 3 aromatic rings. The third kappa shape index (κ3) is 3.91. The molecule has 11 heteroatoms. The SMILES string of the molecule is CCOc1ccc(N2C(=O)C(N3C(=O)c4ccc([N+](=O)[O-])cc4C3=O)C2c2cc(Br)ccc2OC)cc1. The molecular weight excluding hydrogens is 546 g/mol. The van der Waals surface area contributed by atoms with E-state index in [2.05, 4.69) is 15.9 Å². The minimum absolute atomic E-state index is 0.0166. The topological polar surface area (TPSA) is 119 Å². The Bertz CT molecular complexity index is 1460. The Morgan fingerprint density at radius 2 is 1.62 bits per heavy atom. The minimum Gasteiger partial charge on any atom is -0.496 e. The van der Waals surface area contributed by atoms with Crippen molar-refractivity contribution in [2.45, 2.75) is 19.0 Å². The van der Waals surface area contributed by atoms with E-state index in [-0.39, 0.29) is 16.8 Å². The van der Waals surface area contributed by atoms with Crippen LogP contribution in [0.25, 0.3) is 0 Å².